The predicted molar refractivity (Wildman–Crippen MR) is 118 cm³/mol. The molecule has 2 unspecified atom stereocenters. The fourth-order valence-electron chi connectivity index (χ4n) is 3.03. The summed E-state index contributed by atoms with van der Waals surface area (Å²) in [6.07, 6.45) is 22.9. The second-order valence-electron chi connectivity index (χ2n) is 7.75. The topological polar surface area (TPSA) is 66.4 Å². The minimum atomic E-state index is -0.942. The van der Waals surface area contributed by atoms with Crippen molar-refractivity contribution in [3.8, 4) is 0 Å². The quantitative estimate of drug-likeness (QED) is 0.209. The van der Waals surface area contributed by atoms with Crippen molar-refractivity contribution in [3.63, 3.8) is 0 Å². The van der Waals surface area contributed by atoms with Crippen molar-refractivity contribution in [1.82, 2.24) is 5.32 Å². The molecule has 0 radical (unpaired) electrons. The standard InChI is InChI=1S/C24H43NO3/c1-4-6-7-8-9-10-11-12-13-14-15-16-17-18-19-20-22(26)25-23(24(27)28)21(3)5-2/h9-10,12-13,21,23H,4-8,11,14-20H2,1-3H3,(H,25,26)(H,27,28)/b10-9+,13-12+. The second kappa shape index (κ2) is 18.8. The zero-order valence-electron chi connectivity index (χ0n) is 18.4. The van der Waals surface area contributed by atoms with Crippen LogP contribution in [0.4, 0.5) is 0 Å². The number of aliphatic carboxylic acids is 1. The zero-order chi connectivity index (χ0) is 21.0. The molecule has 0 rings (SSSR count). The van der Waals surface area contributed by atoms with Crippen LogP contribution in [0.5, 0.6) is 0 Å². The van der Waals surface area contributed by atoms with Gasteiger partial charge in [-0.25, -0.2) is 4.79 Å². The maximum atomic E-state index is 11.9. The number of nitrogens with one attached hydrogen (secondary N) is 1. The molecule has 162 valence electrons. The van der Waals surface area contributed by atoms with E-state index >= 15 is 0 Å². The third kappa shape index (κ3) is 15.5. The van der Waals surface area contributed by atoms with Crippen molar-refractivity contribution in [2.75, 3.05) is 0 Å². The van der Waals surface area contributed by atoms with Gasteiger partial charge >= 0.3 is 5.97 Å². The van der Waals surface area contributed by atoms with E-state index in [1.165, 1.54) is 38.5 Å². The number of carboxylic acid groups (broad SMARTS) is 1. The summed E-state index contributed by atoms with van der Waals surface area (Å²) in [6.45, 7) is 6.03. The van der Waals surface area contributed by atoms with E-state index in [9.17, 15) is 14.7 Å². The Morgan fingerprint density at radius 1 is 0.857 bits per heavy atom. The van der Waals surface area contributed by atoms with Gasteiger partial charge in [0.05, 0.1) is 0 Å². The van der Waals surface area contributed by atoms with Crippen LogP contribution >= 0.6 is 0 Å². The van der Waals surface area contributed by atoms with Crippen molar-refractivity contribution in [2.24, 2.45) is 5.92 Å². The van der Waals surface area contributed by atoms with Crippen molar-refractivity contribution < 1.29 is 14.7 Å². The van der Waals surface area contributed by atoms with Crippen LogP contribution < -0.4 is 5.32 Å². The number of carbonyl (C=O) groups is 2. The number of allylic oxidation sites excluding steroid dienone is 4. The summed E-state index contributed by atoms with van der Waals surface area (Å²) in [5.74, 6) is -1.13. The van der Waals surface area contributed by atoms with E-state index in [-0.39, 0.29) is 11.8 Å². The van der Waals surface area contributed by atoms with Crippen molar-refractivity contribution in [2.45, 2.75) is 110 Å². The Labute approximate surface area is 172 Å². The summed E-state index contributed by atoms with van der Waals surface area (Å²) in [6, 6.07) is -0.768. The molecule has 0 bridgehead atoms. The summed E-state index contributed by atoms with van der Waals surface area (Å²) in [5.41, 5.74) is 0. The molecule has 1 amide bonds. The lowest BCUT2D eigenvalue weighted by Crippen LogP contribution is -2.44. The molecule has 0 aromatic rings. The van der Waals surface area contributed by atoms with Crippen molar-refractivity contribution in [1.29, 1.82) is 0 Å². The van der Waals surface area contributed by atoms with Gasteiger partial charge in [-0.3, -0.25) is 4.79 Å². The highest BCUT2D eigenvalue weighted by Gasteiger charge is 2.24. The van der Waals surface area contributed by atoms with Crippen molar-refractivity contribution in [3.05, 3.63) is 24.3 Å². The molecule has 4 nitrogen and oxygen atoms in total. The molecule has 4 heteroatoms. The first-order valence-corrected chi connectivity index (χ1v) is 11.3. The van der Waals surface area contributed by atoms with Crippen LogP contribution in [0.25, 0.3) is 0 Å². The Morgan fingerprint density at radius 2 is 1.43 bits per heavy atom. The lowest BCUT2D eigenvalue weighted by Gasteiger charge is -2.20. The van der Waals surface area contributed by atoms with E-state index in [2.05, 4.69) is 36.5 Å². The monoisotopic (exact) mass is 393 g/mol. The highest BCUT2D eigenvalue weighted by Crippen LogP contribution is 2.11. The molecule has 0 aromatic heterocycles. The molecule has 2 N–H and O–H groups in total. The van der Waals surface area contributed by atoms with Crippen molar-refractivity contribution >= 4 is 11.9 Å². The molecule has 0 heterocycles. The molecule has 2 atom stereocenters. The van der Waals surface area contributed by atoms with Gasteiger partial charge in [0.15, 0.2) is 0 Å². The highest BCUT2D eigenvalue weighted by molar-refractivity contribution is 5.83. The molecule has 0 saturated carbocycles. The predicted octanol–water partition coefficient (Wildman–Crippen LogP) is 6.42. The molecule has 0 fully saturated rings. The summed E-state index contributed by atoms with van der Waals surface area (Å²) >= 11 is 0. The van der Waals surface area contributed by atoms with Gasteiger partial charge in [-0.15, -0.1) is 0 Å². The first-order valence-electron chi connectivity index (χ1n) is 11.3. The van der Waals surface area contributed by atoms with Crippen LogP contribution in [-0.4, -0.2) is 23.0 Å². The SMILES string of the molecule is CCCCC/C=C/C/C=C/CCCCCCCC(=O)NC(C(=O)O)C(C)CC. The van der Waals surface area contributed by atoms with Gasteiger partial charge in [-0.05, 0) is 44.4 Å². The molecule has 0 aliphatic rings. The molecule has 0 spiro atoms. The molecule has 28 heavy (non-hydrogen) atoms. The van der Waals surface area contributed by atoms with Crippen LogP contribution in [0.1, 0.15) is 104 Å². The Bertz CT molecular complexity index is 457. The number of unbranched alkanes of at least 4 members (excludes halogenated alkanes) is 8. The number of carboxylic acids is 1. The van der Waals surface area contributed by atoms with E-state index in [4.69, 9.17) is 0 Å². The van der Waals surface area contributed by atoms with Gasteiger partial charge in [0.1, 0.15) is 6.04 Å². The largest absolute Gasteiger partial charge is 0.480 e. The van der Waals surface area contributed by atoms with E-state index in [0.29, 0.717) is 6.42 Å². The first-order chi connectivity index (χ1) is 13.5. The van der Waals surface area contributed by atoms with Crippen LogP contribution in [0.2, 0.25) is 0 Å². The third-order valence-electron chi connectivity index (χ3n) is 5.15. The number of hydrogen-bond donors (Lipinski definition) is 2. The maximum absolute atomic E-state index is 11.9. The zero-order valence-corrected chi connectivity index (χ0v) is 18.4. The minimum absolute atomic E-state index is 0.0500. The Balaban J connectivity index is 3.59. The fraction of sp³-hybridized carbons (Fsp3) is 0.750. The van der Waals surface area contributed by atoms with Gasteiger partial charge in [0, 0.05) is 6.42 Å². The maximum Gasteiger partial charge on any atom is 0.326 e. The number of hydrogen-bond acceptors (Lipinski definition) is 2. The molecule has 0 saturated heterocycles. The van der Waals surface area contributed by atoms with Crippen LogP contribution in [0.3, 0.4) is 0 Å². The second-order valence-corrected chi connectivity index (χ2v) is 7.75. The van der Waals surface area contributed by atoms with Crippen LogP contribution in [0.15, 0.2) is 24.3 Å². The molecular weight excluding hydrogens is 350 g/mol. The Kier molecular flexibility index (Phi) is 17.7. The molecule has 0 aromatic carbocycles. The minimum Gasteiger partial charge on any atom is -0.480 e. The van der Waals surface area contributed by atoms with E-state index in [0.717, 1.165) is 38.5 Å². The lowest BCUT2D eigenvalue weighted by atomic mass is 9.99. The average Bonchev–Trinajstić information content (AvgIpc) is 2.68. The van der Waals surface area contributed by atoms with Gasteiger partial charge in [0.2, 0.25) is 5.91 Å². The molecule has 0 aliphatic carbocycles. The molecule has 0 aliphatic heterocycles. The molecular formula is C24H43NO3. The van der Waals surface area contributed by atoms with Crippen LogP contribution in [0, 0.1) is 5.92 Å². The number of rotatable bonds is 18. The third-order valence-corrected chi connectivity index (χ3v) is 5.15. The van der Waals surface area contributed by atoms with Gasteiger partial charge < -0.3 is 10.4 Å². The normalized spacial score (nSPS) is 13.8. The van der Waals surface area contributed by atoms with E-state index in [1.54, 1.807) is 0 Å². The summed E-state index contributed by atoms with van der Waals surface area (Å²) in [7, 11) is 0. The highest BCUT2D eigenvalue weighted by atomic mass is 16.4. The fourth-order valence-corrected chi connectivity index (χ4v) is 3.03. The summed E-state index contributed by atoms with van der Waals surface area (Å²) in [5, 5.41) is 11.9. The number of carbonyl (C=O) groups excluding carboxylic acids is 1. The Morgan fingerprint density at radius 3 is 2.00 bits per heavy atom. The Hall–Kier alpha value is -1.58. The van der Waals surface area contributed by atoms with Gasteiger partial charge in [-0.1, -0.05) is 83.6 Å². The van der Waals surface area contributed by atoms with Gasteiger partial charge in [-0.2, -0.15) is 0 Å². The lowest BCUT2D eigenvalue weighted by molar-refractivity contribution is -0.143. The summed E-state index contributed by atoms with van der Waals surface area (Å²) in [4.78, 5) is 23.1. The average molecular weight is 394 g/mol. The van der Waals surface area contributed by atoms with E-state index < -0.39 is 12.0 Å². The number of amides is 1. The first kappa shape index (κ1) is 26.4. The smallest absolute Gasteiger partial charge is 0.326 e. The van der Waals surface area contributed by atoms with Crippen LogP contribution in [-0.2, 0) is 9.59 Å². The van der Waals surface area contributed by atoms with Gasteiger partial charge in [0.25, 0.3) is 0 Å². The summed E-state index contributed by atoms with van der Waals surface area (Å²) < 4.78 is 0. The van der Waals surface area contributed by atoms with E-state index in [1.807, 2.05) is 13.8 Å².